The van der Waals surface area contributed by atoms with E-state index in [1.807, 2.05) is 0 Å². The molecule has 1 saturated heterocycles. The van der Waals surface area contributed by atoms with Crippen LogP contribution in [0.4, 0.5) is 13.2 Å². The molecule has 6 heteroatoms. The summed E-state index contributed by atoms with van der Waals surface area (Å²) in [6.07, 6.45) is -0.750. The van der Waals surface area contributed by atoms with Gasteiger partial charge in [0.15, 0.2) is 0 Å². The highest BCUT2D eigenvalue weighted by Gasteiger charge is 2.31. The lowest BCUT2D eigenvalue weighted by molar-refractivity contribution is -0.137. The van der Waals surface area contributed by atoms with E-state index in [-0.39, 0.29) is 11.6 Å². The van der Waals surface area contributed by atoms with Gasteiger partial charge >= 0.3 is 6.18 Å². The molecule has 2 heterocycles. The number of piperidine rings is 1. The van der Waals surface area contributed by atoms with Crippen molar-refractivity contribution in [3.8, 4) is 0 Å². The fraction of sp³-hybridized carbons (Fsp3) is 0.500. The zero-order valence-corrected chi connectivity index (χ0v) is 9.70. The number of hydrogen-bond acceptors (Lipinski definition) is 2. The average Bonchev–Trinajstić information content (AvgIpc) is 2.38. The molecule has 3 nitrogen and oxygen atoms in total. The zero-order chi connectivity index (χ0) is 13.2. The number of pyridine rings is 1. The standard InChI is InChI=1S/C12H13F3N2O/c13-12(14,15)9-4-5-10(16-8-9)11(18)17-6-2-1-3-7-17/h4-5,8H,1-3,6-7H2. The maximum absolute atomic E-state index is 12.3. The Morgan fingerprint density at radius 2 is 1.83 bits per heavy atom. The van der Waals surface area contributed by atoms with Gasteiger partial charge in [-0.3, -0.25) is 9.78 Å². The predicted molar refractivity (Wildman–Crippen MR) is 59.0 cm³/mol. The van der Waals surface area contributed by atoms with E-state index in [1.165, 1.54) is 0 Å². The molecule has 1 aliphatic heterocycles. The highest BCUT2D eigenvalue weighted by atomic mass is 19.4. The molecule has 0 aliphatic carbocycles. The molecule has 1 amide bonds. The van der Waals surface area contributed by atoms with Gasteiger partial charge in [-0.1, -0.05) is 0 Å². The Morgan fingerprint density at radius 3 is 2.33 bits per heavy atom. The van der Waals surface area contributed by atoms with Gasteiger partial charge in [-0.2, -0.15) is 13.2 Å². The maximum atomic E-state index is 12.3. The van der Waals surface area contributed by atoms with Crippen LogP contribution in [0.3, 0.4) is 0 Å². The first-order valence-corrected chi connectivity index (χ1v) is 5.81. The van der Waals surface area contributed by atoms with Crippen molar-refractivity contribution >= 4 is 5.91 Å². The smallest absolute Gasteiger partial charge is 0.337 e. The summed E-state index contributed by atoms with van der Waals surface area (Å²) in [6, 6.07) is 2.03. The van der Waals surface area contributed by atoms with Crippen molar-refractivity contribution in [1.29, 1.82) is 0 Å². The number of aromatic nitrogens is 1. The van der Waals surface area contributed by atoms with Crippen LogP contribution in [0.15, 0.2) is 18.3 Å². The molecule has 1 aliphatic rings. The lowest BCUT2D eigenvalue weighted by atomic mass is 10.1. The second-order valence-corrected chi connectivity index (χ2v) is 4.28. The first-order chi connectivity index (χ1) is 8.48. The molecule has 1 fully saturated rings. The Morgan fingerprint density at radius 1 is 1.17 bits per heavy atom. The molecular formula is C12H13F3N2O. The van der Waals surface area contributed by atoms with Crippen LogP contribution >= 0.6 is 0 Å². The minimum absolute atomic E-state index is 0.0740. The number of carbonyl (C=O) groups is 1. The van der Waals surface area contributed by atoms with Crippen molar-refractivity contribution in [2.75, 3.05) is 13.1 Å². The summed E-state index contributed by atoms with van der Waals surface area (Å²) in [7, 11) is 0. The molecule has 1 aromatic rings. The lowest BCUT2D eigenvalue weighted by Gasteiger charge is -2.26. The minimum Gasteiger partial charge on any atom is -0.337 e. The van der Waals surface area contributed by atoms with Gasteiger partial charge in [0.1, 0.15) is 5.69 Å². The van der Waals surface area contributed by atoms with Crippen molar-refractivity contribution in [2.45, 2.75) is 25.4 Å². The van der Waals surface area contributed by atoms with Gasteiger partial charge in [-0.25, -0.2) is 0 Å². The Kier molecular flexibility index (Phi) is 3.54. The third kappa shape index (κ3) is 2.80. The Labute approximate surface area is 103 Å². The topological polar surface area (TPSA) is 33.2 Å². The molecule has 0 unspecified atom stereocenters. The number of hydrogen-bond donors (Lipinski definition) is 0. The second kappa shape index (κ2) is 4.96. The van der Waals surface area contributed by atoms with Crippen molar-refractivity contribution in [1.82, 2.24) is 9.88 Å². The Bertz CT molecular complexity index is 422. The van der Waals surface area contributed by atoms with E-state index in [0.29, 0.717) is 19.3 Å². The second-order valence-electron chi connectivity index (χ2n) is 4.28. The molecule has 0 bridgehead atoms. The molecule has 0 radical (unpaired) electrons. The summed E-state index contributed by atoms with van der Waals surface area (Å²) in [6.45, 7) is 1.31. The first kappa shape index (κ1) is 12.9. The van der Waals surface area contributed by atoms with E-state index in [0.717, 1.165) is 31.4 Å². The van der Waals surface area contributed by atoms with E-state index < -0.39 is 11.7 Å². The first-order valence-electron chi connectivity index (χ1n) is 5.81. The fourth-order valence-corrected chi connectivity index (χ4v) is 1.95. The van der Waals surface area contributed by atoms with Gasteiger partial charge in [-0.15, -0.1) is 0 Å². The minimum atomic E-state index is -4.42. The fourth-order valence-electron chi connectivity index (χ4n) is 1.95. The summed E-state index contributed by atoms with van der Waals surface area (Å²) < 4.78 is 37.0. The monoisotopic (exact) mass is 258 g/mol. The van der Waals surface area contributed by atoms with Crippen molar-refractivity contribution < 1.29 is 18.0 Å². The summed E-state index contributed by atoms with van der Waals surface area (Å²) in [5, 5.41) is 0. The predicted octanol–water partition coefficient (Wildman–Crippen LogP) is 2.73. The number of rotatable bonds is 1. The third-order valence-electron chi connectivity index (χ3n) is 2.95. The Balaban J connectivity index is 2.11. The SMILES string of the molecule is O=C(c1ccc(C(F)(F)F)cn1)N1CCCCC1. The Hall–Kier alpha value is -1.59. The van der Waals surface area contributed by atoms with Crippen LogP contribution in [0.25, 0.3) is 0 Å². The maximum Gasteiger partial charge on any atom is 0.417 e. The van der Waals surface area contributed by atoms with Gasteiger partial charge in [-0.05, 0) is 31.4 Å². The summed E-state index contributed by atoms with van der Waals surface area (Å²) >= 11 is 0. The number of alkyl halides is 3. The molecule has 2 rings (SSSR count). The van der Waals surface area contributed by atoms with Crippen molar-refractivity contribution in [3.63, 3.8) is 0 Å². The van der Waals surface area contributed by atoms with Crippen LogP contribution in [0.2, 0.25) is 0 Å². The highest BCUT2D eigenvalue weighted by Crippen LogP contribution is 2.28. The van der Waals surface area contributed by atoms with Crippen LogP contribution in [0.1, 0.15) is 35.3 Å². The van der Waals surface area contributed by atoms with Crippen LogP contribution in [0, 0.1) is 0 Å². The number of amides is 1. The molecule has 18 heavy (non-hydrogen) atoms. The molecule has 0 aromatic carbocycles. The van der Waals surface area contributed by atoms with E-state index in [4.69, 9.17) is 0 Å². The van der Waals surface area contributed by atoms with Gasteiger partial charge in [0, 0.05) is 19.3 Å². The van der Waals surface area contributed by atoms with E-state index in [1.54, 1.807) is 4.90 Å². The highest BCUT2D eigenvalue weighted by molar-refractivity contribution is 5.92. The van der Waals surface area contributed by atoms with E-state index >= 15 is 0 Å². The lowest BCUT2D eigenvalue weighted by Crippen LogP contribution is -2.36. The van der Waals surface area contributed by atoms with E-state index in [2.05, 4.69) is 4.98 Å². The van der Waals surface area contributed by atoms with Crippen LogP contribution in [-0.4, -0.2) is 28.9 Å². The van der Waals surface area contributed by atoms with Gasteiger partial charge in [0.2, 0.25) is 0 Å². The van der Waals surface area contributed by atoms with Crippen LogP contribution in [0.5, 0.6) is 0 Å². The molecule has 0 N–H and O–H groups in total. The molecular weight excluding hydrogens is 245 g/mol. The number of nitrogens with zero attached hydrogens (tertiary/aromatic N) is 2. The summed E-state index contributed by atoms with van der Waals surface area (Å²) in [4.78, 5) is 17.2. The summed E-state index contributed by atoms with van der Waals surface area (Å²) in [5.74, 6) is -0.288. The quantitative estimate of drug-likeness (QED) is 0.776. The normalized spacial score (nSPS) is 16.7. The number of likely N-dealkylation sites (tertiary alicyclic amines) is 1. The molecule has 98 valence electrons. The van der Waals surface area contributed by atoms with Gasteiger partial charge in [0.05, 0.1) is 5.56 Å². The molecule has 0 atom stereocenters. The zero-order valence-electron chi connectivity index (χ0n) is 9.70. The van der Waals surface area contributed by atoms with E-state index in [9.17, 15) is 18.0 Å². The number of halogens is 3. The molecule has 0 spiro atoms. The number of carbonyl (C=O) groups excluding carboxylic acids is 1. The third-order valence-corrected chi connectivity index (χ3v) is 2.95. The van der Waals surface area contributed by atoms with Crippen LogP contribution < -0.4 is 0 Å². The molecule has 0 saturated carbocycles. The van der Waals surface area contributed by atoms with Crippen molar-refractivity contribution in [2.24, 2.45) is 0 Å². The summed E-state index contributed by atoms with van der Waals surface area (Å²) in [5.41, 5.74) is -0.761. The van der Waals surface area contributed by atoms with Crippen molar-refractivity contribution in [3.05, 3.63) is 29.6 Å². The van der Waals surface area contributed by atoms with Crippen LogP contribution in [-0.2, 0) is 6.18 Å². The van der Waals surface area contributed by atoms with Gasteiger partial charge in [0.25, 0.3) is 5.91 Å². The molecule has 1 aromatic heterocycles. The largest absolute Gasteiger partial charge is 0.417 e. The van der Waals surface area contributed by atoms with Gasteiger partial charge < -0.3 is 4.90 Å². The average molecular weight is 258 g/mol.